The number of aryl methyl sites for hydroxylation is 1. The van der Waals surface area contributed by atoms with E-state index in [9.17, 15) is 14.9 Å². The Kier molecular flexibility index (Phi) is 5.88. The minimum absolute atomic E-state index is 0.149. The summed E-state index contributed by atoms with van der Waals surface area (Å²) in [6, 6.07) is 10.6. The number of carbonyl (C=O) groups excluding carboxylic acids is 1. The van der Waals surface area contributed by atoms with Gasteiger partial charge in [0, 0.05) is 17.9 Å². The Labute approximate surface area is 167 Å². The van der Waals surface area contributed by atoms with Crippen LogP contribution in [0.4, 0.5) is 0 Å². The molecular formula is C21H21N5O3. The number of rotatable bonds is 6. The average molecular weight is 391 g/mol. The topological polar surface area (TPSA) is 103 Å². The van der Waals surface area contributed by atoms with Gasteiger partial charge in [-0.1, -0.05) is 24.3 Å². The van der Waals surface area contributed by atoms with Crippen molar-refractivity contribution in [2.45, 2.75) is 40.5 Å². The molecule has 0 aliphatic heterocycles. The van der Waals surface area contributed by atoms with Gasteiger partial charge in [-0.25, -0.2) is 4.79 Å². The van der Waals surface area contributed by atoms with E-state index in [-0.39, 0.29) is 5.57 Å². The summed E-state index contributed by atoms with van der Waals surface area (Å²) in [5.41, 5.74) is 2.70. The van der Waals surface area contributed by atoms with E-state index in [2.05, 4.69) is 21.8 Å². The van der Waals surface area contributed by atoms with Crippen molar-refractivity contribution in [3.8, 4) is 6.07 Å². The number of hydrogen-bond donors (Lipinski definition) is 0. The molecule has 3 rings (SSSR count). The van der Waals surface area contributed by atoms with Crippen LogP contribution in [-0.2, 0) is 22.8 Å². The van der Waals surface area contributed by atoms with Gasteiger partial charge in [0.15, 0.2) is 6.73 Å². The fourth-order valence-electron chi connectivity index (χ4n) is 3.14. The van der Waals surface area contributed by atoms with E-state index in [1.807, 2.05) is 26.0 Å². The smallest absolute Gasteiger partial charge is 0.350 e. The highest BCUT2D eigenvalue weighted by Gasteiger charge is 2.15. The van der Waals surface area contributed by atoms with Crippen LogP contribution in [0, 0.1) is 25.2 Å². The summed E-state index contributed by atoms with van der Waals surface area (Å²) in [5, 5.41) is 17.5. The number of esters is 1. The van der Waals surface area contributed by atoms with Crippen molar-refractivity contribution in [3.63, 3.8) is 0 Å². The molecule has 0 unspecified atom stereocenters. The number of benzene rings is 1. The Morgan fingerprint density at radius 1 is 1.31 bits per heavy atom. The third-order valence-corrected chi connectivity index (χ3v) is 4.65. The predicted molar refractivity (Wildman–Crippen MR) is 108 cm³/mol. The summed E-state index contributed by atoms with van der Waals surface area (Å²) in [6.45, 7) is 6.45. The number of aromatic nitrogens is 4. The van der Waals surface area contributed by atoms with E-state index in [0.29, 0.717) is 10.9 Å². The zero-order chi connectivity index (χ0) is 21.0. The van der Waals surface area contributed by atoms with Crippen LogP contribution in [0.15, 0.2) is 40.7 Å². The van der Waals surface area contributed by atoms with Crippen LogP contribution in [0.25, 0.3) is 17.0 Å². The maximum Gasteiger partial charge on any atom is 0.350 e. The summed E-state index contributed by atoms with van der Waals surface area (Å²) >= 11 is 0. The molecule has 0 bridgehead atoms. The van der Waals surface area contributed by atoms with Gasteiger partial charge in [-0.3, -0.25) is 4.79 Å². The molecule has 1 aromatic carbocycles. The molecule has 3 aromatic rings. The van der Waals surface area contributed by atoms with Crippen molar-refractivity contribution in [2.24, 2.45) is 0 Å². The number of nitriles is 1. The van der Waals surface area contributed by atoms with E-state index in [1.165, 1.54) is 6.08 Å². The second-order valence-electron chi connectivity index (χ2n) is 6.62. The average Bonchev–Trinajstić information content (AvgIpc) is 2.99. The Morgan fingerprint density at radius 3 is 2.79 bits per heavy atom. The van der Waals surface area contributed by atoms with E-state index in [4.69, 9.17) is 4.74 Å². The van der Waals surface area contributed by atoms with E-state index >= 15 is 0 Å². The lowest BCUT2D eigenvalue weighted by Gasteiger charge is -2.07. The zero-order valence-corrected chi connectivity index (χ0v) is 16.5. The van der Waals surface area contributed by atoms with Crippen LogP contribution in [-0.4, -0.2) is 25.5 Å². The van der Waals surface area contributed by atoms with E-state index < -0.39 is 18.3 Å². The summed E-state index contributed by atoms with van der Waals surface area (Å²) in [4.78, 5) is 24.8. The number of fused-ring (bicyclic) bond motifs is 1. The largest absolute Gasteiger partial charge is 0.438 e. The molecule has 0 N–H and O–H groups in total. The molecule has 0 saturated heterocycles. The number of nitrogens with zero attached hydrogens (tertiary/aromatic N) is 5. The molecule has 29 heavy (non-hydrogen) atoms. The molecule has 8 nitrogen and oxygen atoms in total. The van der Waals surface area contributed by atoms with Crippen molar-refractivity contribution < 1.29 is 9.53 Å². The Bertz CT molecular complexity index is 1200. The monoisotopic (exact) mass is 391 g/mol. The molecule has 2 aromatic heterocycles. The summed E-state index contributed by atoms with van der Waals surface area (Å²) in [5.74, 6) is -0.824. The maximum atomic E-state index is 12.4. The highest BCUT2D eigenvalue weighted by molar-refractivity contribution is 5.98. The molecular weight excluding hydrogens is 370 g/mol. The Morgan fingerprint density at radius 2 is 2.07 bits per heavy atom. The molecule has 0 saturated carbocycles. The van der Waals surface area contributed by atoms with Crippen molar-refractivity contribution >= 4 is 22.9 Å². The van der Waals surface area contributed by atoms with Gasteiger partial charge in [0.2, 0.25) is 0 Å². The highest BCUT2D eigenvalue weighted by Crippen LogP contribution is 2.19. The fourth-order valence-corrected chi connectivity index (χ4v) is 3.14. The van der Waals surface area contributed by atoms with E-state index in [1.54, 1.807) is 24.3 Å². The van der Waals surface area contributed by atoms with Gasteiger partial charge in [-0.05, 0) is 50.1 Å². The Balaban J connectivity index is 1.80. The van der Waals surface area contributed by atoms with Crippen LogP contribution in [0.3, 0.4) is 0 Å². The summed E-state index contributed by atoms with van der Waals surface area (Å²) < 4.78 is 8.21. The molecule has 0 radical (unpaired) electrons. The first-order valence-electron chi connectivity index (χ1n) is 9.24. The summed E-state index contributed by atoms with van der Waals surface area (Å²) in [6.07, 6.45) is 2.49. The van der Waals surface area contributed by atoms with Crippen LogP contribution >= 0.6 is 0 Å². The first kappa shape index (κ1) is 20.0. The normalized spacial score (nSPS) is 11.4. The lowest BCUT2D eigenvalue weighted by Crippen LogP contribution is -2.26. The van der Waals surface area contributed by atoms with Crippen molar-refractivity contribution in [2.75, 3.05) is 0 Å². The predicted octanol–water partition coefficient (Wildman–Crippen LogP) is 2.73. The molecule has 148 valence electrons. The minimum atomic E-state index is -0.824. The van der Waals surface area contributed by atoms with Gasteiger partial charge in [-0.15, -0.1) is 5.10 Å². The SMILES string of the molecule is CCCn1c(C)cc(C=C(C#N)C(=O)OCn2nnc3ccccc3c2=O)c1C. The second kappa shape index (κ2) is 8.52. The molecule has 0 aliphatic carbocycles. The quantitative estimate of drug-likeness (QED) is 0.364. The zero-order valence-electron chi connectivity index (χ0n) is 16.5. The third kappa shape index (κ3) is 4.09. The third-order valence-electron chi connectivity index (χ3n) is 4.65. The van der Waals surface area contributed by atoms with Gasteiger partial charge in [0.1, 0.15) is 17.2 Å². The van der Waals surface area contributed by atoms with Gasteiger partial charge < -0.3 is 9.30 Å². The highest BCUT2D eigenvalue weighted by atomic mass is 16.5. The lowest BCUT2D eigenvalue weighted by molar-refractivity contribution is -0.142. The van der Waals surface area contributed by atoms with Gasteiger partial charge >= 0.3 is 5.97 Å². The van der Waals surface area contributed by atoms with Crippen molar-refractivity contribution in [1.82, 2.24) is 19.6 Å². The van der Waals surface area contributed by atoms with E-state index in [0.717, 1.165) is 34.6 Å². The molecule has 2 heterocycles. The van der Waals surface area contributed by atoms with Gasteiger partial charge in [0.05, 0.1) is 5.39 Å². The molecule has 0 atom stereocenters. The number of carbonyl (C=O) groups is 1. The van der Waals surface area contributed by atoms with Crippen molar-refractivity contribution in [3.05, 3.63) is 63.2 Å². The maximum absolute atomic E-state index is 12.4. The van der Waals surface area contributed by atoms with Crippen LogP contribution < -0.4 is 5.56 Å². The van der Waals surface area contributed by atoms with Crippen LogP contribution in [0.5, 0.6) is 0 Å². The number of ether oxygens (including phenoxy) is 1. The summed E-state index contributed by atoms with van der Waals surface area (Å²) in [7, 11) is 0. The van der Waals surface area contributed by atoms with Gasteiger partial charge in [-0.2, -0.15) is 9.94 Å². The molecule has 0 fully saturated rings. The molecule has 0 spiro atoms. The lowest BCUT2D eigenvalue weighted by atomic mass is 10.1. The standard InChI is InChI=1S/C21H21N5O3/c1-4-9-25-14(2)10-16(15(25)3)11-17(12-22)21(28)29-13-26-20(27)18-7-5-6-8-19(18)23-24-26/h5-8,10-11H,4,9,13H2,1-3H3. The second-order valence-corrected chi connectivity index (χ2v) is 6.62. The Hall–Kier alpha value is -3.73. The molecule has 0 amide bonds. The van der Waals surface area contributed by atoms with Crippen LogP contribution in [0.2, 0.25) is 0 Å². The van der Waals surface area contributed by atoms with Crippen LogP contribution in [0.1, 0.15) is 30.3 Å². The van der Waals surface area contributed by atoms with Crippen molar-refractivity contribution in [1.29, 1.82) is 5.26 Å². The van der Waals surface area contributed by atoms with Gasteiger partial charge in [0.25, 0.3) is 5.56 Å². The molecule has 0 aliphatic rings. The number of hydrogen-bond acceptors (Lipinski definition) is 6. The molecule has 8 heteroatoms. The first-order chi connectivity index (χ1) is 14.0. The minimum Gasteiger partial charge on any atom is -0.438 e. The fraction of sp³-hybridized carbons (Fsp3) is 0.286. The first-order valence-corrected chi connectivity index (χ1v) is 9.24.